The summed E-state index contributed by atoms with van der Waals surface area (Å²) in [7, 11) is 1.57. The van der Waals surface area contributed by atoms with Crippen molar-refractivity contribution in [2.24, 2.45) is 0 Å². The van der Waals surface area contributed by atoms with E-state index < -0.39 is 0 Å². The molecule has 0 bridgehead atoms. The van der Waals surface area contributed by atoms with Crippen molar-refractivity contribution >= 4 is 23.4 Å². The second-order valence-corrected chi connectivity index (χ2v) is 7.14. The highest BCUT2D eigenvalue weighted by molar-refractivity contribution is 5.96. The summed E-state index contributed by atoms with van der Waals surface area (Å²) in [5.41, 5.74) is 0.997. The van der Waals surface area contributed by atoms with Gasteiger partial charge in [0.15, 0.2) is 6.61 Å². The number of carbonyl (C=O) groups excluding carboxylic acids is 3. The lowest BCUT2D eigenvalue weighted by Crippen LogP contribution is -2.39. The minimum absolute atomic E-state index is 0.146. The van der Waals surface area contributed by atoms with Crippen molar-refractivity contribution in [2.45, 2.75) is 18.9 Å². The van der Waals surface area contributed by atoms with Gasteiger partial charge in [-0.1, -0.05) is 0 Å². The van der Waals surface area contributed by atoms with Gasteiger partial charge in [-0.25, -0.2) is 0 Å². The molecule has 1 unspecified atom stereocenters. The molecule has 9 nitrogen and oxygen atoms in total. The number of ether oxygens (including phenoxy) is 3. The normalized spacial score (nSPS) is 15.0. The topological polar surface area (TPSA) is 115 Å². The molecule has 0 aliphatic carbocycles. The van der Waals surface area contributed by atoms with Crippen LogP contribution in [0.15, 0.2) is 48.5 Å². The molecule has 1 aliphatic rings. The van der Waals surface area contributed by atoms with Crippen LogP contribution in [0.2, 0.25) is 0 Å². The second kappa shape index (κ2) is 11.7. The van der Waals surface area contributed by atoms with Crippen molar-refractivity contribution in [2.75, 3.05) is 38.7 Å². The third-order valence-corrected chi connectivity index (χ3v) is 4.79. The molecule has 1 saturated heterocycles. The second-order valence-electron chi connectivity index (χ2n) is 7.14. The molecular weight excluding hydrogens is 414 g/mol. The third kappa shape index (κ3) is 6.98. The van der Waals surface area contributed by atoms with Crippen molar-refractivity contribution in [1.82, 2.24) is 10.6 Å². The number of rotatable bonds is 10. The van der Waals surface area contributed by atoms with Gasteiger partial charge in [0.2, 0.25) is 5.91 Å². The molecule has 2 aromatic rings. The van der Waals surface area contributed by atoms with Crippen molar-refractivity contribution < 1.29 is 28.6 Å². The first-order chi connectivity index (χ1) is 15.5. The number of hydrogen-bond acceptors (Lipinski definition) is 6. The lowest BCUT2D eigenvalue weighted by molar-refractivity contribution is -0.130. The summed E-state index contributed by atoms with van der Waals surface area (Å²) < 4.78 is 15.8. The minimum atomic E-state index is -0.380. The van der Waals surface area contributed by atoms with Crippen molar-refractivity contribution in [3.05, 3.63) is 54.1 Å². The summed E-state index contributed by atoms with van der Waals surface area (Å²) in [6.45, 7) is 1.10. The molecule has 3 N–H and O–H groups in total. The largest absolute Gasteiger partial charge is 0.497 e. The maximum atomic E-state index is 12.2. The van der Waals surface area contributed by atoms with Crippen LogP contribution in [0.25, 0.3) is 0 Å². The van der Waals surface area contributed by atoms with Gasteiger partial charge in [-0.15, -0.1) is 0 Å². The standard InChI is InChI=1S/C23H27N3O6/c1-30-18-8-10-19(11-9-18)32-15-21(27)26-17-6-4-16(5-7-17)22(28)24-12-13-25-23(29)20-3-2-14-31-20/h4-11,20H,2-3,12-15H2,1H3,(H,24,28)(H,25,29)(H,26,27). The maximum Gasteiger partial charge on any atom is 0.262 e. The molecule has 1 atom stereocenters. The fraction of sp³-hybridized carbons (Fsp3) is 0.348. The highest BCUT2D eigenvalue weighted by atomic mass is 16.5. The van der Waals surface area contributed by atoms with Gasteiger partial charge in [0.25, 0.3) is 11.8 Å². The average Bonchev–Trinajstić information content (AvgIpc) is 3.36. The summed E-state index contributed by atoms with van der Waals surface area (Å²) in [5, 5.41) is 8.20. The Labute approximate surface area is 186 Å². The van der Waals surface area contributed by atoms with Gasteiger partial charge in [-0.2, -0.15) is 0 Å². The van der Waals surface area contributed by atoms with Crippen molar-refractivity contribution in [3.8, 4) is 11.5 Å². The Morgan fingerprint density at radius 2 is 1.66 bits per heavy atom. The van der Waals surface area contributed by atoms with Gasteiger partial charge in [-0.05, 0) is 61.4 Å². The lowest BCUT2D eigenvalue weighted by Gasteiger charge is -2.11. The van der Waals surface area contributed by atoms with E-state index in [9.17, 15) is 14.4 Å². The van der Waals surface area contributed by atoms with Crippen LogP contribution in [-0.4, -0.2) is 57.2 Å². The Balaban J connectivity index is 1.36. The molecule has 0 aromatic heterocycles. The Morgan fingerprint density at radius 1 is 0.969 bits per heavy atom. The predicted octanol–water partition coefficient (Wildman–Crippen LogP) is 1.74. The molecule has 1 heterocycles. The van der Waals surface area contributed by atoms with E-state index in [1.807, 2.05) is 0 Å². The molecule has 3 amide bonds. The molecule has 2 aromatic carbocycles. The smallest absolute Gasteiger partial charge is 0.262 e. The highest BCUT2D eigenvalue weighted by Gasteiger charge is 2.22. The molecular formula is C23H27N3O6. The average molecular weight is 441 g/mol. The van der Waals surface area contributed by atoms with Gasteiger partial charge < -0.3 is 30.2 Å². The van der Waals surface area contributed by atoms with Crippen LogP contribution < -0.4 is 25.4 Å². The van der Waals surface area contributed by atoms with E-state index in [4.69, 9.17) is 14.2 Å². The Morgan fingerprint density at radius 3 is 2.31 bits per heavy atom. The van der Waals surface area contributed by atoms with Crippen LogP contribution in [0.1, 0.15) is 23.2 Å². The SMILES string of the molecule is COc1ccc(OCC(=O)Nc2ccc(C(=O)NCCNC(=O)C3CCCO3)cc2)cc1. The fourth-order valence-corrected chi connectivity index (χ4v) is 3.08. The van der Waals surface area contributed by atoms with Gasteiger partial charge in [0.05, 0.1) is 7.11 Å². The van der Waals surface area contributed by atoms with Crippen LogP contribution in [0.3, 0.4) is 0 Å². The monoisotopic (exact) mass is 441 g/mol. The highest BCUT2D eigenvalue weighted by Crippen LogP contribution is 2.17. The number of amides is 3. The minimum Gasteiger partial charge on any atom is -0.497 e. The van der Waals surface area contributed by atoms with Crippen LogP contribution in [0.5, 0.6) is 11.5 Å². The number of methoxy groups -OCH3 is 1. The quantitative estimate of drug-likeness (QED) is 0.484. The molecule has 32 heavy (non-hydrogen) atoms. The van der Waals surface area contributed by atoms with Gasteiger partial charge in [0, 0.05) is 30.9 Å². The maximum absolute atomic E-state index is 12.2. The van der Waals surface area contributed by atoms with Crippen LogP contribution >= 0.6 is 0 Å². The molecule has 170 valence electrons. The van der Waals surface area contributed by atoms with Crippen LogP contribution in [0.4, 0.5) is 5.69 Å². The Kier molecular flexibility index (Phi) is 8.44. The number of benzene rings is 2. The third-order valence-electron chi connectivity index (χ3n) is 4.79. The molecule has 9 heteroatoms. The zero-order valence-corrected chi connectivity index (χ0v) is 17.9. The van der Waals surface area contributed by atoms with Gasteiger partial charge >= 0.3 is 0 Å². The summed E-state index contributed by atoms with van der Waals surface area (Å²) in [4.78, 5) is 36.1. The number of anilines is 1. The summed E-state index contributed by atoms with van der Waals surface area (Å²) >= 11 is 0. The molecule has 1 aliphatic heterocycles. The van der Waals surface area contributed by atoms with Crippen molar-refractivity contribution in [3.63, 3.8) is 0 Å². The van der Waals surface area contributed by atoms with E-state index in [-0.39, 0.29) is 30.4 Å². The van der Waals surface area contributed by atoms with Gasteiger partial charge in [0.1, 0.15) is 17.6 Å². The van der Waals surface area contributed by atoms with E-state index in [1.165, 1.54) is 0 Å². The van der Waals surface area contributed by atoms with Crippen LogP contribution in [0, 0.1) is 0 Å². The van der Waals surface area contributed by atoms with Gasteiger partial charge in [-0.3, -0.25) is 14.4 Å². The van der Waals surface area contributed by atoms with E-state index in [1.54, 1.807) is 55.6 Å². The number of carbonyl (C=O) groups is 3. The fourth-order valence-electron chi connectivity index (χ4n) is 3.08. The first-order valence-electron chi connectivity index (χ1n) is 10.4. The predicted molar refractivity (Wildman–Crippen MR) is 118 cm³/mol. The summed E-state index contributed by atoms with van der Waals surface area (Å²) in [5.74, 6) is 0.527. The molecule has 0 saturated carbocycles. The van der Waals surface area contributed by atoms with Crippen LogP contribution in [-0.2, 0) is 14.3 Å². The Hall–Kier alpha value is -3.59. The van der Waals surface area contributed by atoms with E-state index in [2.05, 4.69) is 16.0 Å². The van der Waals surface area contributed by atoms with E-state index in [0.29, 0.717) is 42.4 Å². The lowest BCUT2D eigenvalue weighted by atomic mass is 10.2. The summed E-state index contributed by atoms with van der Waals surface area (Å²) in [6.07, 6.45) is 1.24. The van der Waals surface area contributed by atoms with E-state index >= 15 is 0 Å². The zero-order valence-electron chi connectivity index (χ0n) is 17.9. The summed E-state index contributed by atoms with van der Waals surface area (Å²) in [6, 6.07) is 13.4. The zero-order chi connectivity index (χ0) is 22.8. The molecule has 3 rings (SSSR count). The van der Waals surface area contributed by atoms with Crippen molar-refractivity contribution in [1.29, 1.82) is 0 Å². The first-order valence-corrected chi connectivity index (χ1v) is 10.4. The molecule has 0 spiro atoms. The Bertz CT molecular complexity index is 908. The van der Waals surface area contributed by atoms with E-state index in [0.717, 1.165) is 12.8 Å². The molecule has 0 radical (unpaired) electrons. The number of nitrogens with one attached hydrogen (secondary N) is 3. The number of hydrogen-bond donors (Lipinski definition) is 3. The first kappa shape index (κ1) is 23.1. The molecule has 1 fully saturated rings.